The van der Waals surface area contributed by atoms with Crippen LogP contribution in [0.4, 0.5) is 4.39 Å². The monoisotopic (exact) mass is 308 g/mol. The molecule has 3 heterocycles. The van der Waals surface area contributed by atoms with Crippen molar-refractivity contribution in [1.29, 1.82) is 0 Å². The van der Waals surface area contributed by atoms with Gasteiger partial charge in [-0.05, 0) is 25.0 Å². The molecule has 3 aliphatic rings. The van der Waals surface area contributed by atoms with Crippen LogP contribution in [0, 0.1) is 0 Å². The Kier molecular flexibility index (Phi) is 2.93. The van der Waals surface area contributed by atoms with Crippen molar-refractivity contribution in [3.63, 3.8) is 0 Å². The number of ether oxygens (including phenoxy) is 1. The van der Waals surface area contributed by atoms with Crippen molar-refractivity contribution < 1.29 is 13.9 Å². The number of alkyl halides is 1. The van der Waals surface area contributed by atoms with E-state index in [1.165, 1.54) is 0 Å². The first-order valence-corrected chi connectivity index (χ1v) is 8.26. The molecule has 21 heavy (non-hydrogen) atoms. The quantitative estimate of drug-likeness (QED) is 0.857. The van der Waals surface area contributed by atoms with E-state index in [4.69, 9.17) is 4.74 Å². The summed E-state index contributed by atoms with van der Waals surface area (Å²) < 4.78 is 19.8. The molecule has 1 atom stereocenters. The molecule has 2 saturated heterocycles. The van der Waals surface area contributed by atoms with Crippen LogP contribution in [0.2, 0.25) is 0 Å². The highest BCUT2D eigenvalue weighted by Crippen LogP contribution is 2.49. The van der Waals surface area contributed by atoms with Gasteiger partial charge in [-0.1, -0.05) is 0 Å². The van der Waals surface area contributed by atoms with Crippen LogP contribution in [0.5, 0.6) is 5.75 Å². The van der Waals surface area contributed by atoms with Gasteiger partial charge in [0, 0.05) is 31.5 Å². The number of likely N-dealkylation sites (tertiary alicyclic amines) is 1. The zero-order valence-corrected chi connectivity index (χ0v) is 12.4. The number of halogens is 1. The Hall–Kier alpha value is -1.30. The van der Waals surface area contributed by atoms with Crippen molar-refractivity contribution >= 4 is 17.7 Å². The number of aromatic nitrogens is 1. The molecule has 3 fully saturated rings. The summed E-state index contributed by atoms with van der Waals surface area (Å²) in [7, 11) is 0. The van der Waals surface area contributed by atoms with E-state index in [0.717, 1.165) is 17.9 Å². The van der Waals surface area contributed by atoms with E-state index in [1.807, 2.05) is 23.9 Å². The summed E-state index contributed by atoms with van der Waals surface area (Å²) in [6.07, 6.45) is 5.29. The second kappa shape index (κ2) is 4.60. The number of carbonyl (C=O) groups is 1. The minimum Gasteiger partial charge on any atom is -0.488 e. The number of rotatable bonds is 3. The fraction of sp³-hybridized carbons (Fsp3) is 0.600. The first kappa shape index (κ1) is 13.4. The van der Waals surface area contributed by atoms with Crippen LogP contribution < -0.4 is 4.74 Å². The third-order valence-electron chi connectivity index (χ3n) is 4.43. The summed E-state index contributed by atoms with van der Waals surface area (Å²) in [6, 6.07) is 3.76. The van der Waals surface area contributed by atoms with Gasteiger partial charge in [-0.3, -0.25) is 9.78 Å². The van der Waals surface area contributed by atoms with E-state index >= 15 is 0 Å². The molecule has 112 valence electrons. The molecule has 2 aliphatic heterocycles. The van der Waals surface area contributed by atoms with Crippen molar-refractivity contribution in [1.82, 2.24) is 9.88 Å². The van der Waals surface area contributed by atoms with Crippen LogP contribution in [0.25, 0.3) is 0 Å². The van der Waals surface area contributed by atoms with Gasteiger partial charge in [-0.15, -0.1) is 11.8 Å². The van der Waals surface area contributed by atoms with Crippen LogP contribution in [-0.2, 0) is 4.79 Å². The largest absolute Gasteiger partial charge is 0.488 e. The highest BCUT2D eigenvalue weighted by molar-refractivity contribution is 8.01. The maximum Gasteiger partial charge on any atom is 0.260 e. The molecule has 1 amide bonds. The zero-order valence-electron chi connectivity index (χ0n) is 11.6. The third-order valence-corrected chi connectivity index (χ3v) is 6.01. The number of hydrogen-bond donors (Lipinski definition) is 0. The molecule has 1 aromatic rings. The number of pyridine rings is 1. The molecule has 1 saturated carbocycles. The summed E-state index contributed by atoms with van der Waals surface area (Å²) in [5.74, 6) is 1.40. The molecule has 0 bridgehead atoms. The number of amides is 1. The summed E-state index contributed by atoms with van der Waals surface area (Å²) >= 11 is 1.85. The van der Waals surface area contributed by atoms with Crippen molar-refractivity contribution in [2.75, 3.05) is 18.8 Å². The molecule has 1 aliphatic carbocycles. The first-order chi connectivity index (χ1) is 10.1. The van der Waals surface area contributed by atoms with E-state index in [-0.39, 0.29) is 16.8 Å². The fourth-order valence-corrected chi connectivity index (χ4v) is 4.63. The minimum absolute atomic E-state index is 0.0772. The van der Waals surface area contributed by atoms with Crippen LogP contribution in [0.3, 0.4) is 0 Å². The normalized spacial score (nSPS) is 28.2. The van der Waals surface area contributed by atoms with Crippen molar-refractivity contribution in [2.24, 2.45) is 0 Å². The summed E-state index contributed by atoms with van der Waals surface area (Å²) in [5, 5.41) is 0. The van der Waals surface area contributed by atoms with Gasteiger partial charge in [-0.25, -0.2) is 4.39 Å². The molecule has 0 radical (unpaired) electrons. The Morgan fingerprint density at radius 1 is 1.48 bits per heavy atom. The lowest BCUT2D eigenvalue weighted by molar-refractivity contribution is -0.143. The number of nitrogens with zero attached hydrogens (tertiary/aromatic N) is 2. The fourth-order valence-electron chi connectivity index (χ4n) is 3.11. The second-order valence-electron chi connectivity index (χ2n) is 6.25. The second-order valence-corrected chi connectivity index (χ2v) is 7.74. The number of hydrogen-bond acceptors (Lipinski definition) is 4. The lowest BCUT2D eigenvalue weighted by Crippen LogP contribution is -2.62. The predicted molar refractivity (Wildman–Crippen MR) is 78.1 cm³/mol. The van der Waals surface area contributed by atoms with Gasteiger partial charge in [0.2, 0.25) is 0 Å². The molecule has 0 aromatic carbocycles. The van der Waals surface area contributed by atoms with Gasteiger partial charge in [0.15, 0.2) is 5.67 Å². The van der Waals surface area contributed by atoms with Crippen molar-refractivity contribution in [3.8, 4) is 5.75 Å². The van der Waals surface area contributed by atoms with Crippen LogP contribution in [0.1, 0.15) is 19.3 Å². The minimum atomic E-state index is -1.53. The van der Waals surface area contributed by atoms with Crippen molar-refractivity contribution in [3.05, 3.63) is 24.5 Å². The Morgan fingerprint density at radius 2 is 2.29 bits per heavy atom. The Bertz CT molecular complexity index is 558. The summed E-state index contributed by atoms with van der Waals surface area (Å²) in [6.45, 7) is 1.32. The molecule has 0 N–H and O–H groups in total. The van der Waals surface area contributed by atoms with Crippen LogP contribution in [0.15, 0.2) is 24.5 Å². The van der Waals surface area contributed by atoms with Gasteiger partial charge in [0.25, 0.3) is 5.91 Å². The Balaban J connectivity index is 1.32. The number of thioether (sulfide) groups is 1. The average Bonchev–Trinajstić information content (AvgIpc) is 3.06. The van der Waals surface area contributed by atoms with Crippen LogP contribution in [-0.4, -0.2) is 51.2 Å². The molecule has 4 nitrogen and oxygen atoms in total. The Morgan fingerprint density at radius 3 is 2.95 bits per heavy atom. The molecule has 1 unspecified atom stereocenters. The number of carbonyl (C=O) groups excluding carboxylic acids is 1. The molecule has 4 rings (SSSR count). The van der Waals surface area contributed by atoms with Crippen molar-refractivity contribution in [2.45, 2.75) is 35.8 Å². The van der Waals surface area contributed by atoms with E-state index in [9.17, 15) is 9.18 Å². The Labute approximate surface area is 127 Å². The maximum atomic E-state index is 13.8. The molecule has 1 spiro atoms. The van der Waals surface area contributed by atoms with E-state index in [2.05, 4.69) is 4.98 Å². The van der Waals surface area contributed by atoms with Gasteiger partial charge < -0.3 is 9.64 Å². The van der Waals surface area contributed by atoms with Gasteiger partial charge in [0.1, 0.15) is 11.9 Å². The third kappa shape index (κ3) is 2.39. The summed E-state index contributed by atoms with van der Waals surface area (Å²) in [5.41, 5.74) is -1.53. The first-order valence-electron chi connectivity index (χ1n) is 7.28. The van der Waals surface area contributed by atoms with Gasteiger partial charge in [0.05, 0.1) is 10.9 Å². The lowest BCUT2D eigenvalue weighted by atomic mass is 9.92. The van der Waals surface area contributed by atoms with Crippen LogP contribution >= 0.6 is 11.8 Å². The zero-order chi connectivity index (χ0) is 14.5. The molecule has 1 aromatic heterocycles. The molecular formula is C15H17FN2O2S. The SMILES string of the molecule is O=C(N1CC2(CC(Oc3cccnc3)CS2)C1)C1(F)CC1. The van der Waals surface area contributed by atoms with E-state index in [0.29, 0.717) is 25.9 Å². The summed E-state index contributed by atoms with van der Waals surface area (Å²) in [4.78, 5) is 17.6. The maximum absolute atomic E-state index is 13.8. The lowest BCUT2D eigenvalue weighted by Gasteiger charge is -2.47. The van der Waals surface area contributed by atoms with Gasteiger partial charge in [-0.2, -0.15) is 0 Å². The highest BCUT2D eigenvalue weighted by atomic mass is 32.2. The average molecular weight is 308 g/mol. The molecular weight excluding hydrogens is 291 g/mol. The standard InChI is InChI=1S/C15H17FN2O2S/c16-15(3-4-15)13(19)18-9-14(10-18)6-12(8-21-14)20-11-2-1-5-17-7-11/h1-2,5,7,12H,3-4,6,8-10H2. The topological polar surface area (TPSA) is 42.4 Å². The predicted octanol–water partition coefficient (Wildman–Crippen LogP) is 2.05. The highest BCUT2D eigenvalue weighted by Gasteiger charge is 2.59. The molecule has 6 heteroatoms. The van der Waals surface area contributed by atoms with E-state index < -0.39 is 5.67 Å². The van der Waals surface area contributed by atoms with Gasteiger partial charge >= 0.3 is 0 Å². The smallest absolute Gasteiger partial charge is 0.260 e. The van der Waals surface area contributed by atoms with E-state index in [1.54, 1.807) is 17.3 Å².